The van der Waals surface area contributed by atoms with E-state index in [-0.39, 0.29) is 5.91 Å². The molecule has 1 atom stereocenters. The van der Waals surface area contributed by atoms with E-state index >= 15 is 0 Å². The number of carbonyl (C=O) groups is 1. The smallest absolute Gasteiger partial charge is 0.221 e. The summed E-state index contributed by atoms with van der Waals surface area (Å²) in [6.45, 7) is 2.77. The van der Waals surface area contributed by atoms with Crippen LogP contribution in [0.3, 0.4) is 0 Å². The Bertz CT molecular complexity index is 188. The van der Waals surface area contributed by atoms with Crippen molar-refractivity contribution in [1.29, 1.82) is 0 Å². The van der Waals surface area contributed by atoms with E-state index in [1.807, 2.05) is 19.0 Å². The number of carbonyl (C=O) groups excluding carboxylic acids is 1. The summed E-state index contributed by atoms with van der Waals surface area (Å²) in [5, 5.41) is 6.38. The van der Waals surface area contributed by atoms with Gasteiger partial charge in [0.1, 0.15) is 0 Å². The molecular weight excluding hydrogens is 190 g/mol. The molecular formula is C11H23N3O. The first-order valence-corrected chi connectivity index (χ1v) is 5.83. The second-order valence-electron chi connectivity index (χ2n) is 4.49. The third-order valence-corrected chi connectivity index (χ3v) is 2.76. The Labute approximate surface area is 92.4 Å². The standard InChI is InChI=1S/C11H23N3O/c1-14(2)9-6-11(15)13-8-5-10-4-3-7-12-10/h10,12H,3-9H2,1-2H3,(H,13,15)/t10-/m1/s1. The van der Waals surface area contributed by atoms with Gasteiger partial charge in [0.25, 0.3) is 0 Å². The van der Waals surface area contributed by atoms with Gasteiger partial charge in [0.2, 0.25) is 5.91 Å². The lowest BCUT2D eigenvalue weighted by Crippen LogP contribution is -2.32. The summed E-state index contributed by atoms with van der Waals surface area (Å²) in [5.74, 6) is 0.168. The van der Waals surface area contributed by atoms with Crippen molar-refractivity contribution in [3.63, 3.8) is 0 Å². The minimum Gasteiger partial charge on any atom is -0.356 e. The highest BCUT2D eigenvalue weighted by atomic mass is 16.1. The maximum atomic E-state index is 11.4. The lowest BCUT2D eigenvalue weighted by molar-refractivity contribution is -0.121. The van der Waals surface area contributed by atoms with Crippen molar-refractivity contribution in [3.8, 4) is 0 Å². The van der Waals surface area contributed by atoms with Crippen molar-refractivity contribution in [2.45, 2.75) is 31.7 Å². The van der Waals surface area contributed by atoms with Crippen LogP contribution in [0.2, 0.25) is 0 Å². The largest absolute Gasteiger partial charge is 0.356 e. The Morgan fingerprint density at radius 3 is 2.93 bits per heavy atom. The van der Waals surface area contributed by atoms with Crippen LogP contribution in [0, 0.1) is 0 Å². The first-order chi connectivity index (χ1) is 7.18. The quantitative estimate of drug-likeness (QED) is 0.662. The predicted molar refractivity (Wildman–Crippen MR) is 61.8 cm³/mol. The van der Waals surface area contributed by atoms with Gasteiger partial charge in [-0.3, -0.25) is 4.79 Å². The molecule has 1 rings (SSSR count). The van der Waals surface area contributed by atoms with Crippen LogP contribution in [-0.4, -0.2) is 50.6 Å². The average molecular weight is 213 g/mol. The number of nitrogens with zero attached hydrogens (tertiary/aromatic N) is 1. The van der Waals surface area contributed by atoms with Gasteiger partial charge in [-0.2, -0.15) is 0 Å². The Kier molecular flexibility index (Phi) is 5.65. The van der Waals surface area contributed by atoms with Crippen molar-refractivity contribution < 1.29 is 4.79 Å². The molecule has 0 aromatic carbocycles. The SMILES string of the molecule is CN(C)CCC(=O)NCC[C@H]1CCCN1. The minimum atomic E-state index is 0.168. The summed E-state index contributed by atoms with van der Waals surface area (Å²) in [6, 6.07) is 0.624. The van der Waals surface area contributed by atoms with E-state index in [1.165, 1.54) is 12.8 Å². The normalized spacial score (nSPS) is 20.9. The summed E-state index contributed by atoms with van der Waals surface area (Å²) >= 11 is 0. The number of amides is 1. The third-order valence-electron chi connectivity index (χ3n) is 2.76. The molecule has 15 heavy (non-hydrogen) atoms. The lowest BCUT2D eigenvalue weighted by Gasteiger charge is -2.12. The summed E-state index contributed by atoms with van der Waals surface area (Å²) in [5.41, 5.74) is 0. The molecule has 0 spiro atoms. The zero-order chi connectivity index (χ0) is 11.1. The molecule has 4 nitrogen and oxygen atoms in total. The highest BCUT2D eigenvalue weighted by Gasteiger charge is 2.13. The molecule has 1 heterocycles. The highest BCUT2D eigenvalue weighted by molar-refractivity contribution is 5.75. The van der Waals surface area contributed by atoms with Crippen molar-refractivity contribution >= 4 is 5.91 Å². The topological polar surface area (TPSA) is 44.4 Å². The van der Waals surface area contributed by atoms with Crippen LogP contribution in [0.15, 0.2) is 0 Å². The van der Waals surface area contributed by atoms with E-state index in [2.05, 4.69) is 10.6 Å². The van der Waals surface area contributed by atoms with E-state index in [0.717, 1.165) is 26.1 Å². The maximum absolute atomic E-state index is 11.4. The van der Waals surface area contributed by atoms with Crippen molar-refractivity contribution in [2.24, 2.45) is 0 Å². The Balaban J connectivity index is 1.96. The Morgan fingerprint density at radius 2 is 2.33 bits per heavy atom. The van der Waals surface area contributed by atoms with Crippen LogP contribution in [0.5, 0.6) is 0 Å². The first kappa shape index (κ1) is 12.5. The molecule has 0 aromatic heterocycles. The van der Waals surface area contributed by atoms with Crippen molar-refractivity contribution in [2.75, 3.05) is 33.7 Å². The van der Waals surface area contributed by atoms with Crippen LogP contribution in [0.25, 0.3) is 0 Å². The van der Waals surface area contributed by atoms with Crippen LogP contribution in [0.4, 0.5) is 0 Å². The molecule has 0 radical (unpaired) electrons. The van der Waals surface area contributed by atoms with E-state index in [4.69, 9.17) is 0 Å². The molecule has 1 saturated heterocycles. The molecule has 1 amide bonds. The lowest BCUT2D eigenvalue weighted by atomic mass is 10.1. The molecule has 0 aromatic rings. The predicted octanol–water partition coefficient (Wildman–Crippen LogP) is 0.196. The molecule has 1 aliphatic heterocycles. The van der Waals surface area contributed by atoms with E-state index in [9.17, 15) is 4.79 Å². The second-order valence-corrected chi connectivity index (χ2v) is 4.49. The molecule has 0 bridgehead atoms. The van der Waals surface area contributed by atoms with E-state index < -0.39 is 0 Å². The number of hydrogen-bond donors (Lipinski definition) is 2. The molecule has 88 valence electrons. The fraction of sp³-hybridized carbons (Fsp3) is 0.909. The highest BCUT2D eigenvalue weighted by Crippen LogP contribution is 2.07. The van der Waals surface area contributed by atoms with Gasteiger partial charge in [0.05, 0.1) is 0 Å². The zero-order valence-corrected chi connectivity index (χ0v) is 9.88. The van der Waals surface area contributed by atoms with E-state index in [0.29, 0.717) is 12.5 Å². The van der Waals surface area contributed by atoms with Gasteiger partial charge in [0, 0.05) is 25.6 Å². The number of rotatable bonds is 6. The minimum absolute atomic E-state index is 0.168. The Hall–Kier alpha value is -0.610. The molecule has 1 fully saturated rings. The van der Waals surface area contributed by atoms with Gasteiger partial charge in [0.15, 0.2) is 0 Å². The van der Waals surface area contributed by atoms with Gasteiger partial charge in [-0.1, -0.05) is 0 Å². The molecule has 1 aliphatic rings. The third kappa shape index (κ3) is 5.74. The van der Waals surface area contributed by atoms with Crippen LogP contribution >= 0.6 is 0 Å². The van der Waals surface area contributed by atoms with Crippen molar-refractivity contribution in [1.82, 2.24) is 15.5 Å². The number of hydrogen-bond acceptors (Lipinski definition) is 3. The monoisotopic (exact) mass is 213 g/mol. The second kappa shape index (κ2) is 6.80. The number of nitrogens with one attached hydrogen (secondary N) is 2. The summed E-state index contributed by atoms with van der Waals surface area (Å²) in [6.07, 6.45) is 4.20. The van der Waals surface area contributed by atoms with Crippen LogP contribution in [0.1, 0.15) is 25.7 Å². The molecule has 4 heteroatoms. The van der Waals surface area contributed by atoms with Gasteiger partial charge in [-0.25, -0.2) is 0 Å². The van der Waals surface area contributed by atoms with Crippen LogP contribution < -0.4 is 10.6 Å². The van der Waals surface area contributed by atoms with Gasteiger partial charge in [-0.15, -0.1) is 0 Å². The zero-order valence-electron chi connectivity index (χ0n) is 9.88. The fourth-order valence-electron chi connectivity index (χ4n) is 1.80. The van der Waals surface area contributed by atoms with Gasteiger partial charge in [-0.05, 0) is 39.9 Å². The average Bonchev–Trinajstić information content (AvgIpc) is 2.67. The Morgan fingerprint density at radius 1 is 1.53 bits per heavy atom. The maximum Gasteiger partial charge on any atom is 0.221 e. The summed E-state index contributed by atoms with van der Waals surface area (Å²) in [4.78, 5) is 13.4. The van der Waals surface area contributed by atoms with Crippen LogP contribution in [-0.2, 0) is 4.79 Å². The van der Waals surface area contributed by atoms with Gasteiger partial charge < -0.3 is 15.5 Å². The molecule has 0 aliphatic carbocycles. The van der Waals surface area contributed by atoms with E-state index in [1.54, 1.807) is 0 Å². The molecule has 0 saturated carbocycles. The first-order valence-electron chi connectivity index (χ1n) is 5.83. The summed E-state index contributed by atoms with van der Waals surface area (Å²) < 4.78 is 0. The van der Waals surface area contributed by atoms with Gasteiger partial charge >= 0.3 is 0 Å². The fourth-order valence-corrected chi connectivity index (χ4v) is 1.80. The molecule has 0 unspecified atom stereocenters. The van der Waals surface area contributed by atoms with Crippen molar-refractivity contribution in [3.05, 3.63) is 0 Å². The molecule has 2 N–H and O–H groups in total. The summed E-state index contributed by atoms with van der Waals surface area (Å²) in [7, 11) is 3.96.